The Kier molecular flexibility index (Phi) is 7.08. The number of benzene rings is 2. The van der Waals surface area contributed by atoms with E-state index in [0.717, 1.165) is 16.9 Å². The van der Waals surface area contributed by atoms with Crippen LogP contribution in [0.25, 0.3) is 0 Å². The number of hydrogen-bond acceptors (Lipinski definition) is 6. The van der Waals surface area contributed by atoms with Crippen molar-refractivity contribution in [2.75, 3.05) is 6.61 Å². The van der Waals surface area contributed by atoms with Gasteiger partial charge in [0, 0.05) is 15.8 Å². The minimum absolute atomic E-state index is 0.000245. The van der Waals surface area contributed by atoms with Gasteiger partial charge in [-0.05, 0) is 40.6 Å². The molecule has 0 bridgehead atoms. The molecule has 0 saturated carbocycles. The molecule has 1 fully saturated rings. The summed E-state index contributed by atoms with van der Waals surface area (Å²) in [5.41, 5.74) is 2.70. The van der Waals surface area contributed by atoms with Crippen molar-refractivity contribution < 1.29 is 25.2 Å². The van der Waals surface area contributed by atoms with Crippen molar-refractivity contribution in [1.29, 1.82) is 0 Å². The molecule has 5 nitrogen and oxygen atoms in total. The van der Waals surface area contributed by atoms with Crippen LogP contribution in [-0.4, -0.2) is 51.4 Å². The molecule has 2 aromatic carbocycles. The van der Waals surface area contributed by atoms with Crippen LogP contribution < -0.4 is 0 Å². The summed E-state index contributed by atoms with van der Waals surface area (Å²) in [6, 6.07) is 19.6. The second kappa shape index (κ2) is 9.79. The fourth-order valence-electron chi connectivity index (χ4n) is 4.09. The Morgan fingerprint density at radius 1 is 0.935 bits per heavy atom. The monoisotopic (exact) mass is 460 g/mol. The Bertz CT molecular complexity index is 979. The third-order valence-corrected chi connectivity index (χ3v) is 7.12. The van der Waals surface area contributed by atoms with E-state index < -0.39 is 37.1 Å². The van der Waals surface area contributed by atoms with Crippen molar-refractivity contribution in [1.82, 2.24) is 0 Å². The lowest BCUT2D eigenvalue weighted by atomic mass is 9.86. The van der Waals surface area contributed by atoms with Crippen LogP contribution in [0.1, 0.15) is 33.6 Å². The van der Waals surface area contributed by atoms with E-state index in [1.807, 2.05) is 35.7 Å². The molecule has 1 aromatic heterocycles. The number of thiophene rings is 1. The number of aliphatic hydroxyl groups excluding tert-OH is 4. The predicted molar refractivity (Wildman–Crippen MR) is 120 cm³/mol. The highest BCUT2D eigenvalue weighted by molar-refractivity contribution is 7.10. The number of halogens is 1. The lowest BCUT2D eigenvalue weighted by Gasteiger charge is -2.40. The number of hydrogen-bond donors (Lipinski definition) is 4. The van der Waals surface area contributed by atoms with Crippen LogP contribution in [0.15, 0.2) is 66.0 Å². The van der Waals surface area contributed by atoms with Gasteiger partial charge in [0.2, 0.25) is 0 Å². The molecule has 1 saturated heterocycles. The van der Waals surface area contributed by atoms with Crippen molar-refractivity contribution in [3.8, 4) is 0 Å². The summed E-state index contributed by atoms with van der Waals surface area (Å²) in [7, 11) is 0. The first-order valence-electron chi connectivity index (χ1n) is 10.2. The molecule has 0 aliphatic carbocycles. The Morgan fingerprint density at radius 3 is 2.39 bits per heavy atom. The quantitative estimate of drug-likeness (QED) is 0.453. The normalized spacial score (nSPS) is 27.2. The molecule has 7 heteroatoms. The van der Waals surface area contributed by atoms with Crippen LogP contribution in [0.3, 0.4) is 0 Å². The Hall–Kier alpha value is -1.77. The van der Waals surface area contributed by atoms with Crippen molar-refractivity contribution >= 4 is 22.9 Å². The van der Waals surface area contributed by atoms with Gasteiger partial charge in [-0.15, -0.1) is 11.3 Å². The van der Waals surface area contributed by atoms with E-state index in [1.54, 1.807) is 23.5 Å². The van der Waals surface area contributed by atoms with Gasteiger partial charge in [-0.25, -0.2) is 0 Å². The zero-order valence-electron chi connectivity index (χ0n) is 16.7. The van der Waals surface area contributed by atoms with Crippen LogP contribution >= 0.6 is 22.9 Å². The molecule has 6 atom stereocenters. The van der Waals surface area contributed by atoms with E-state index in [2.05, 4.69) is 18.2 Å². The third-order valence-electron chi connectivity index (χ3n) is 5.79. The van der Waals surface area contributed by atoms with Crippen molar-refractivity contribution in [3.63, 3.8) is 0 Å². The van der Waals surface area contributed by atoms with Gasteiger partial charge >= 0.3 is 0 Å². The van der Waals surface area contributed by atoms with Gasteiger partial charge in [-0.2, -0.15) is 0 Å². The highest BCUT2D eigenvalue weighted by atomic mass is 35.5. The summed E-state index contributed by atoms with van der Waals surface area (Å²) < 4.78 is 5.75. The van der Waals surface area contributed by atoms with Crippen LogP contribution in [0.2, 0.25) is 5.02 Å². The summed E-state index contributed by atoms with van der Waals surface area (Å²) in [5, 5.41) is 43.0. The summed E-state index contributed by atoms with van der Waals surface area (Å²) >= 11 is 8.28. The number of ether oxygens (including phenoxy) is 1. The highest BCUT2D eigenvalue weighted by Crippen LogP contribution is 2.39. The maximum absolute atomic E-state index is 10.5. The fourth-order valence-corrected chi connectivity index (χ4v) is 5.18. The SMILES string of the molecule is OC[C@H]1O[C@@H](c2ccc(Cl)c(C(Cc3ccccc3)c3cccs3)c2)[C@H](O)[C@@H](O)[C@@H]1O. The van der Waals surface area contributed by atoms with Gasteiger partial charge in [-0.3, -0.25) is 0 Å². The largest absolute Gasteiger partial charge is 0.394 e. The second-order valence-electron chi connectivity index (χ2n) is 7.79. The molecular weight excluding hydrogens is 436 g/mol. The Labute approximate surface area is 190 Å². The second-order valence-corrected chi connectivity index (χ2v) is 9.17. The minimum Gasteiger partial charge on any atom is -0.394 e. The molecule has 0 amide bonds. The lowest BCUT2D eigenvalue weighted by Crippen LogP contribution is -2.55. The van der Waals surface area contributed by atoms with Gasteiger partial charge in [0.15, 0.2) is 0 Å². The van der Waals surface area contributed by atoms with E-state index >= 15 is 0 Å². The maximum Gasteiger partial charge on any atom is 0.113 e. The molecule has 1 aliphatic heterocycles. The molecule has 164 valence electrons. The van der Waals surface area contributed by atoms with Crippen LogP contribution in [0.5, 0.6) is 0 Å². The zero-order chi connectivity index (χ0) is 22.0. The highest BCUT2D eigenvalue weighted by Gasteiger charge is 2.44. The summed E-state index contributed by atoms with van der Waals surface area (Å²) in [5.74, 6) is -0.000245. The van der Waals surface area contributed by atoms with Gasteiger partial charge in [-0.1, -0.05) is 60.1 Å². The summed E-state index contributed by atoms with van der Waals surface area (Å²) in [4.78, 5) is 1.16. The molecule has 2 heterocycles. The first-order valence-corrected chi connectivity index (χ1v) is 11.4. The van der Waals surface area contributed by atoms with E-state index in [4.69, 9.17) is 16.3 Å². The Balaban J connectivity index is 1.71. The lowest BCUT2D eigenvalue weighted by molar-refractivity contribution is -0.231. The van der Waals surface area contributed by atoms with E-state index in [0.29, 0.717) is 10.6 Å². The molecule has 4 rings (SSSR count). The van der Waals surface area contributed by atoms with Crippen molar-refractivity contribution in [3.05, 3.63) is 92.6 Å². The topological polar surface area (TPSA) is 90.2 Å². The molecule has 0 radical (unpaired) electrons. The van der Waals surface area contributed by atoms with Gasteiger partial charge in [0.1, 0.15) is 30.5 Å². The zero-order valence-corrected chi connectivity index (χ0v) is 18.3. The van der Waals surface area contributed by atoms with E-state index in [1.165, 1.54) is 5.56 Å². The molecular formula is C24H25ClO5S. The standard InChI is InChI=1S/C24H25ClO5S/c25-18-9-8-15(24-23(29)22(28)21(27)19(13-26)30-24)12-16(18)17(20-7-4-10-31-20)11-14-5-2-1-3-6-14/h1-10,12,17,19,21-24,26-29H,11,13H2/t17?,19-,21-,22+,23-,24+/m1/s1. The maximum atomic E-state index is 10.5. The van der Waals surface area contributed by atoms with Crippen LogP contribution in [-0.2, 0) is 11.2 Å². The van der Waals surface area contributed by atoms with Gasteiger partial charge < -0.3 is 25.2 Å². The summed E-state index contributed by atoms with van der Waals surface area (Å²) in [6.45, 7) is -0.465. The molecule has 31 heavy (non-hydrogen) atoms. The van der Waals surface area contributed by atoms with Gasteiger partial charge in [0.05, 0.1) is 6.61 Å². The molecule has 3 aromatic rings. The number of rotatable bonds is 6. The van der Waals surface area contributed by atoms with Crippen molar-refractivity contribution in [2.24, 2.45) is 0 Å². The van der Waals surface area contributed by atoms with Crippen LogP contribution in [0.4, 0.5) is 0 Å². The van der Waals surface area contributed by atoms with Crippen molar-refractivity contribution in [2.45, 2.75) is 42.9 Å². The molecule has 0 spiro atoms. The molecule has 1 aliphatic rings. The van der Waals surface area contributed by atoms with Crippen LogP contribution in [0, 0.1) is 0 Å². The molecule has 4 N–H and O–H groups in total. The smallest absolute Gasteiger partial charge is 0.113 e. The molecule has 1 unspecified atom stereocenters. The van der Waals surface area contributed by atoms with E-state index in [9.17, 15) is 20.4 Å². The average molecular weight is 461 g/mol. The first-order chi connectivity index (χ1) is 15.0. The first kappa shape index (κ1) is 22.4. The fraction of sp³-hybridized carbons (Fsp3) is 0.333. The summed E-state index contributed by atoms with van der Waals surface area (Å²) in [6.07, 6.45) is -5.25. The van der Waals surface area contributed by atoms with E-state index in [-0.39, 0.29) is 5.92 Å². The Morgan fingerprint density at radius 2 is 1.71 bits per heavy atom. The van der Waals surface area contributed by atoms with Gasteiger partial charge in [0.25, 0.3) is 0 Å². The predicted octanol–water partition coefficient (Wildman–Crippen LogP) is 3.29. The minimum atomic E-state index is -1.42. The average Bonchev–Trinajstić information content (AvgIpc) is 3.32. The third kappa shape index (κ3) is 4.71. The number of aliphatic hydroxyl groups is 4.